The molecule has 0 saturated carbocycles. The van der Waals surface area contributed by atoms with E-state index in [4.69, 9.17) is 4.74 Å². The first-order chi connectivity index (χ1) is 12.5. The molecule has 0 radical (unpaired) electrons. The largest absolute Gasteiger partial charge is 0.494 e. The number of rotatable bonds is 8. The monoisotopic (exact) mass is 361 g/mol. The molecular weight excluding hydrogens is 334 g/mol. The van der Waals surface area contributed by atoms with Gasteiger partial charge in [0.15, 0.2) is 0 Å². The predicted molar refractivity (Wildman–Crippen MR) is 99.0 cm³/mol. The summed E-state index contributed by atoms with van der Waals surface area (Å²) in [4.78, 5) is 38.2. The smallest absolute Gasteiger partial charge is 0.242 e. The number of carbonyl (C=O) groups is 3. The van der Waals surface area contributed by atoms with Crippen LogP contribution in [0.5, 0.6) is 5.75 Å². The van der Waals surface area contributed by atoms with Crippen LogP contribution in [0.3, 0.4) is 0 Å². The summed E-state index contributed by atoms with van der Waals surface area (Å²) >= 11 is 0. The highest BCUT2D eigenvalue weighted by atomic mass is 16.5. The Bertz CT molecular complexity index is 645. The molecule has 26 heavy (non-hydrogen) atoms. The molecule has 7 heteroatoms. The number of nitrogens with one attached hydrogen (secondary N) is 2. The number of hydrogen-bond donors (Lipinski definition) is 2. The lowest BCUT2D eigenvalue weighted by Gasteiger charge is -2.18. The van der Waals surface area contributed by atoms with Gasteiger partial charge in [0, 0.05) is 25.2 Å². The molecule has 1 aromatic carbocycles. The molecule has 2 rings (SSSR count). The first-order valence-corrected chi connectivity index (χ1v) is 9.07. The number of carbonyl (C=O) groups excluding carboxylic acids is 3. The third-order valence-electron chi connectivity index (χ3n) is 4.26. The highest BCUT2D eigenvalue weighted by Crippen LogP contribution is 2.27. The van der Waals surface area contributed by atoms with Crippen molar-refractivity contribution >= 4 is 23.4 Å². The summed E-state index contributed by atoms with van der Waals surface area (Å²) in [6.07, 6.45) is 0.975. The minimum absolute atomic E-state index is 0.0996. The van der Waals surface area contributed by atoms with Gasteiger partial charge in [0.25, 0.3) is 0 Å². The van der Waals surface area contributed by atoms with Crippen LogP contribution in [0.15, 0.2) is 24.3 Å². The first-order valence-electron chi connectivity index (χ1n) is 9.07. The Labute approximate surface area is 154 Å². The second kappa shape index (κ2) is 9.22. The summed E-state index contributed by atoms with van der Waals surface area (Å²) in [7, 11) is 0. The standard InChI is InChI=1S/C19H27N3O4/c1-4-10-20-18(24)13(3)21-19(25)14-11-17(23)22(12-14)15-6-8-16(9-7-15)26-5-2/h6-9,13-14H,4-5,10-12H2,1-3H3,(H,20,24)(H,21,25). The van der Waals surface area contributed by atoms with Crippen LogP contribution in [0.4, 0.5) is 5.69 Å². The van der Waals surface area contributed by atoms with Crippen molar-refractivity contribution in [2.45, 2.75) is 39.7 Å². The molecule has 7 nitrogen and oxygen atoms in total. The normalized spacial score (nSPS) is 17.7. The zero-order valence-corrected chi connectivity index (χ0v) is 15.6. The molecule has 0 spiro atoms. The van der Waals surface area contributed by atoms with Crippen LogP contribution in [0, 0.1) is 5.92 Å². The van der Waals surface area contributed by atoms with Crippen LogP contribution in [0.25, 0.3) is 0 Å². The van der Waals surface area contributed by atoms with Gasteiger partial charge in [-0.05, 0) is 44.5 Å². The predicted octanol–water partition coefficient (Wildman–Crippen LogP) is 1.47. The van der Waals surface area contributed by atoms with Crippen LogP contribution in [-0.2, 0) is 14.4 Å². The fourth-order valence-electron chi connectivity index (χ4n) is 2.82. The van der Waals surface area contributed by atoms with E-state index in [2.05, 4.69) is 10.6 Å². The highest BCUT2D eigenvalue weighted by Gasteiger charge is 2.36. The SMILES string of the molecule is CCCNC(=O)C(C)NC(=O)C1CC(=O)N(c2ccc(OCC)cc2)C1. The van der Waals surface area contributed by atoms with E-state index >= 15 is 0 Å². The Balaban J connectivity index is 1.93. The molecule has 2 N–H and O–H groups in total. The van der Waals surface area contributed by atoms with E-state index in [1.807, 2.05) is 26.0 Å². The number of hydrogen-bond acceptors (Lipinski definition) is 4. The van der Waals surface area contributed by atoms with Crippen molar-refractivity contribution in [3.63, 3.8) is 0 Å². The molecule has 1 aromatic rings. The Kier molecular flexibility index (Phi) is 7.00. The van der Waals surface area contributed by atoms with Crippen molar-refractivity contribution in [3.8, 4) is 5.75 Å². The maximum absolute atomic E-state index is 12.4. The van der Waals surface area contributed by atoms with E-state index in [0.29, 0.717) is 19.7 Å². The Hall–Kier alpha value is -2.57. The summed E-state index contributed by atoms with van der Waals surface area (Å²) < 4.78 is 5.40. The molecule has 1 aliphatic heterocycles. The van der Waals surface area contributed by atoms with Gasteiger partial charge in [-0.3, -0.25) is 14.4 Å². The van der Waals surface area contributed by atoms with Gasteiger partial charge in [-0.1, -0.05) is 6.92 Å². The second-order valence-corrected chi connectivity index (χ2v) is 6.35. The topological polar surface area (TPSA) is 87.7 Å². The van der Waals surface area contributed by atoms with Crippen molar-refractivity contribution in [3.05, 3.63) is 24.3 Å². The van der Waals surface area contributed by atoms with E-state index in [1.54, 1.807) is 24.0 Å². The van der Waals surface area contributed by atoms with Gasteiger partial charge in [-0.2, -0.15) is 0 Å². The van der Waals surface area contributed by atoms with E-state index in [0.717, 1.165) is 17.9 Å². The lowest BCUT2D eigenvalue weighted by Crippen LogP contribution is -2.47. The van der Waals surface area contributed by atoms with Crippen molar-refractivity contribution in [2.75, 3.05) is 24.6 Å². The summed E-state index contributed by atoms with van der Waals surface area (Å²) in [6.45, 7) is 6.97. The average molecular weight is 361 g/mol. The Morgan fingerprint density at radius 1 is 1.27 bits per heavy atom. The maximum atomic E-state index is 12.4. The lowest BCUT2D eigenvalue weighted by molar-refractivity contribution is -0.130. The van der Waals surface area contributed by atoms with Crippen LogP contribution in [-0.4, -0.2) is 43.5 Å². The summed E-state index contributed by atoms with van der Waals surface area (Å²) in [5.41, 5.74) is 0.738. The van der Waals surface area contributed by atoms with Gasteiger partial charge in [-0.15, -0.1) is 0 Å². The van der Waals surface area contributed by atoms with Crippen molar-refractivity contribution in [1.29, 1.82) is 0 Å². The van der Waals surface area contributed by atoms with Gasteiger partial charge in [0.2, 0.25) is 17.7 Å². The van der Waals surface area contributed by atoms with E-state index in [9.17, 15) is 14.4 Å². The van der Waals surface area contributed by atoms with Crippen LogP contribution in [0.1, 0.15) is 33.6 Å². The molecule has 142 valence electrons. The number of benzene rings is 1. The number of ether oxygens (including phenoxy) is 1. The maximum Gasteiger partial charge on any atom is 0.242 e. The summed E-state index contributed by atoms with van der Waals surface area (Å²) in [5, 5.41) is 5.44. The number of anilines is 1. The Morgan fingerprint density at radius 2 is 1.96 bits per heavy atom. The number of nitrogens with zero attached hydrogens (tertiary/aromatic N) is 1. The van der Waals surface area contributed by atoms with Crippen molar-refractivity contribution in [2.24, 2.45) is 5.92 Å². The molecule has 1 fully saturated rings. The molecule has 3 amide bonds. The average Bonchev–Trinajstić information content (AvgIpc) is 3.02. The fraction of sp³-hybridized carbons (Fsp3) is 0.526. The lowest BCUT2D eigenvalue weighted by atomic mass is 10.1. The summed E-state index contributed by atoms with van der Waals surface area (Å²) in [5.74, 6) is -0.309. The molecule has 1 aliphatic rings. The van der Waals surface area contributed by atoms with E-state index in [1.165, 1.54) is 0 Å². The number of amides is 3. The van der Waals surface area contributed by atoms with E-state index in [-0.39, 0.29) is 24.1 Å². The zero-order chi connectivity index (χ0) is 19.1. The molecule has 2 atom stereocenters. The quantitative estimate of drug-likeness (QED) is 0.734. The minimum Gasteiger partial charge on any atom is -0.494 e. The molecule has 0 bridgehead atoms. The molecular formula is C19H27N3O4. The summed E-state index contributed by atoms with van der Waals surface area (Å²) in [6, 6.07) is 6.61. The van der Waals surface area contributed by atoms with Crippen LogP contribution in [0.2, 0.25) is 0 Å². The van der Waals surface area contributed by atoms with Gasteiger partial charge < -0.3 is 20.3 Å². The fourth-order valence-corrected chi connectivity index (χ4v) is 2.82. The molecule has 1 heterocycles. The van der Waals surface area contributed by atoms with Crippen LogP contribution >= 0.6 is 0 Å². The minimum atomic E-state index is -0.622. The first kappa shape index (κ1) is 19.8. The third kappa shape index (κ3) is 4.97. The molecule has 1 saturated heterocycles. The van der Waals surface area contributed by atoms with Gasteiger partial charge in [0.05, 0.1) is 12.5 Å². The van der Waals surface area contributed by atoms with Gasteiger partial charge >= 0.3 is 0 Å². The third-order valence-corrected chi connectivity index (χ3v) is 4.26. The Morgan fingerprint density at radius 3 is 2.58 bits per heavy atom. The second-order valence-electron chi connectivity index (χ2n) is 6.35. The van der Waals surface area contributed by atoms with Crippen molar-refractivity contribution < 1.29 is 19.1 Å². The molecule has 0 aliphatic carbocycles. The molecule has 2 unspecified atom stereocenters. The van der Waals surface area contributed by atoms with Crippen molar-refractivity contribution in [1.82, 2.24) is 10.6 Å². The van der Waals surface area contributed by atoms with E-state index < -0.39 is 12.0 Å². The van der Waals surface area contributed by atoms with Crippen LogP contribution < -0.4 is 20.3 Å². The highest BCUT2D eigenvalue weighted by molar-refractivity contribution is 6.01. The zero-order valence-electron chi connectivity index (χ0n) is 15.6. The van der Waals surface area contributed by atoms with Gasteiger partial charge in [-0.25, -0.2) is 0 Å². The van der Waals surface area contributed by atoms with Gasteiger partial charge in [0.1, 0.15) is 11.8 Å². The molecule has 0 aromatic heterocycles.